The van der Waals surface area contributed by atoms with E-state index in [1.807, 2.05) is 91.0 Å². The smallest absolute Gasteiger partial charge is 0.335 e. The number of esters is 1. The topological polar surface area (TPSA) is 63.2 Å². The third-order valence-electron chi connectivity index (χ3n) is 5.97. The molecule has 0 N–H and O–H groups in total. The number of methoxy groups -OCH3 is 1. The predicted molar refractivity (Wildman–Crippen MR) is 131 cm³/mol. The van der Waals surface area contributed by atoms with Crippen LogP contribution in [0.25, 0.3) is 0 Å². The number of hydrogen-bond donors (Lipinski definition) is 0. The van der Waals surface area contributed by atoms with Crippen molar-refractivity contribution < 1.29 is 28.5 Å². The molecule has 1 aliphatic heterocycles. The van der Waals surface area contributed by atoms with Gasteiger partial charge in [0.2, 0.25) is 0 Å². The fraction of sp³-hybridized carbons (Fsp3) is 0.345. The first-order valence-corrected chi connectivity index (χ1v) is 11.9. The van der Waals surface area contributed by atoms with Gasteiger partial charge in [-0.2, -0.15) is 0 Å². The number of benzene rings is 3. The van der Waals surface area contributed by atoms with Crippen molar-refractivity contribution in [1.82, 2.24) is 0 Å². The van der Waals surface area contributed by atoms with E-state index in [1.165, 1.54) is 7.11 Å². The highest BCUT2D eigenvalue weighted by Crippen LogP contribution is 2.28. The van der Waals surface area contributed by atoms with E-state index in [-0.39, 0.29) is 12.7 Å². The number of rotatable bonds is 11. The van der Waals surface area contributed by atoms with Crippen LogP contribution in [0.2, 0.25) is 0 Å². The van der Waals surface area contributed by atoms with Gasteiger partial charge in [0.1, 0.15) is 12.2 Å². The van der Waals surface area contributed by atoms with Gasteiger partial charge in [-0.15, -0.1) is 0 Å². The fourth-order valence-electron chi connectivity index (χ4n) is 4.13. The highest BCUT2D eigenvalue weighted by Gasteiger charge is 2.43. The van der Waals surface area contributed by atoms with Gasteiger partial charge in [-0.3, -0.25) is 0 Å². The van der Waals surface area contributed by atoms with Crippen molar-refractivity contribution in [3.8, 4) is 0 Å². The van der Waals surface area contributed by atoms with E-state index in [1.54, 1.807) is 0 Å². The summed E-state index contributed by atoms with van der Waals surface area (Å²) in [6, 6.07) is 29.8. The lowest BCUT2D eigenvalue weighted by Crippen LogP contribution is -2.54. The first-order chi connectivity index (χ1) is 17.2. The molecule has 0 amide bonds. The Bertz CT molecular complexity index is 1010. The van der Waals surface area contributed by atoms with Gasteiger partial charge in [0, 0.05) is 6.42 Å². The van der Waals surface area contributed by atoms with E-state index < -0.39 is 24.3 Å². The molecule has 0 radical (unpaired) electrons. The molecule has 0 saturated carbocycles. The van der Waals surface area contributed by atoms with E-state index in [4.69, 9.17) is 23.7 Å². The second-order valence-corrected chi connectivity index (χ2v) is 8.52. The second-order valence-electron chi connectivity index (χ2n) is 8.52. The van der Waals surface area contributed by atoms with Gasteiger partial charge in [0.15, 0.2) is 6.10 Å². The molecule has 0 bridgehead atoms. The summed E-state index contributed by atoms with van der Waals surface area (Å²) < 4.78 is 29.8. The molecule has 1 heterocycles. The van der Waals surface area contributed by atoms with Crippen molar-refractivity contribution in [1.29, 1.82) is 0 Å². The lowest BCUT2D eigenvalue weighted by atomic mass is 9.97. The van der Waals surface area contributed by atoms with Crippen LogP contribution in [-0.2, 0) is 48.3 Å². The molecule has 0 aliphatic carbocycles. The Hall–Kier alpha value is -3.03. The minimum absolute atomic E-state index is 0.257. The van der Waals surface area contributed by atoms with E-state index >= 15 is 0 Å². The van der Waals surface area contributed by atoms with E-state index in [2.05, 4.69) is 0 Å². The summed E-state index contributed by atoms with van der Waals surface area (Å²) in [5.74, 6) is -0.423. The Morgan fingerprint density at radius 3 is 1.83 bits per heavy atom. The van der Waals surface area contributed by atoms with Crippen molar-refractivity contribution in [2.75, 3.05) is 13.7 Å². The van der Waals surface area contributed by atoms with Gasteiger partial charge >= 0.3 is 5.97 Å². The highest BCUT2D eigenvalue weighted by atomic mass is 16.6. The van der Waals surface area contributed by atoms with Gasteiger partial charge in [0.25, 0.3) is 0 Å². The predicted octanol–water partition coefficient (Wildman–Crippen LogP) is 4.70. The lowest BCUT2D eigenvalue weighted by Gasteiger charge is -2.40. The minimum atomic E-state index is -0.748. The van der Waals surface area contributed by atoms with Gasteiger partial charge in [-0.1, -0.05) is 91.0 Å². The quantitative estimate of drug-likeness (QED) is 0.374. The maximum absolute atomic E-state index is 12.4. The molecule has 6 heteroatoms. The molecule has 0 spiro atoms. The van der Waals surface area contributed by atoms with Gasteiger partial charge in [-0.05, 0) is 16.7 Å². The molecular weight excluding hydrogens is 444 g/mol. The summed E-state index contributed by atoms with van der Waals surface area (Å²) in [6.07, 6.45) is -1.70. The zero-order valence-electron chi connectivity index (χ0n) is 20.0. The van der Waals surface area contributed by atoms with Crippen LogP contribution in [-0.4, -0.2) is 44.1 Å². The third kappa shape index (κ3) is 7.47. The zero-order valence-corrected chi connectivity index (χ0v) is 20.0. The molecule has 0 aromatic heterocycles. The molecule has 1 aliphatic rings. The Morgan fingerprint density at radius 1 is 0.771 bits per heavy atom. The maximum Gasteiger partial charge on any atom is 0.335 e. The van der Waals surface area contributed by atoms with Crippen molar-refractivity contribution in [3.05, 3.63) is 108 Å². The number of ether oxygens (including phenoxy) is 5. The van der Waals surface area contributed by atoms with Crippen LogP contribution in [0.15, 0.2) is 91.0 Å². The molecule has 3 aromatic rings. The highest BCUT2D eigenvalue weighted by molar-refractivity contribution is 5.74. The van der Waals surface area contributed by atoms with Crippen molar-refractivity contribution in [3.63, 3.8) is 0 Å². The number of carbonyl (C=O) groups excluding carboxylic acids is 1. The number of hydrogen-bond acceptors (Lipinski definition) is 6. The van der Waals surface area contributed by atoms with Gasteiger partial charge < -0.3 is 23.7 Å². The fourth-order valence-corrected chi connectivity index (χ4v) is 4.13. The largest absolute Gasteiger partial charge is 0.467 e. The molecule has 4 atom stereocenters. The SMILES string of the molecule is COC(=O)[C@H]1C[C@@H](OCc2ccccc2)[C@H](OCc2ccccc2)[C@@H](COCc2ccccc2)O1. The first kappa shape index (κ1) is 25.1. The second kappa shape index (κ2) is 13.2. The molecule has 4 rings (SSSR count). The Labute approximate surface area is 206 Å². The van der Waals surface area contributed by atoms with E-state index in [9.17, 15) is 4.79 Å². The Morgan fingerprint density at radius 2 is 1.29 bits per heavy atom. The first-order valence-electron chi connectivity index (χ1n) is 11.9. The summed E-state index contributed by atoms with van der Waals surface area (Å²) in [5.41, 5.74) is 3.16. The van der Waals surface area contributed by atoms with Crippen LogP contribution in [0.3, 0.4) is 0 Å². The Balaban J connectivity index is 1.49. The molecule has 35 heavy (non-hydrogen) atoms. The number of carbonyl (C=O) groups is 1. The van der Waals surface area contributed by atoms with E-state index in [0.29, 0.717) is 26.2 Å². The van der Waals surface area contributed by atoms with Crippen LogP contribution in [0, 0.1) is 0 Å². The Kier molecular flexibility index (Phi) is 9.43. The normalized spacial score (nSPS) is 22.0. The molecule has 1 saturated heterocycles. The van der Waals surface area contributed by atoms with Crippen LogP contribution in [0.5, 0.6) is 0 Å². The molecule has 1 fully saturated rings. The summed E-state index contributed by atoms with van der Waals surface area (Å²) in [5, 5.41) is 0. The minimum Gasteiger partial charge on any atom is -0.467 e. The van der Waals surface area contributed by atoms with Crippen molar-refractivity contribution in [2.45, 2.75) is 50.7 Å². The molecule has 6 nitrogen and oxygen atoms in total. The van der Waals surface area contributed by atoms with Crippen LogP contribution < -0.4 is 0 Å². The van der Waals surface area contributed by atoms with Crippen LogP contribution in [0.4, 0.5) is 0 Å². The molecular formula is C29H32O6. The standard InChI is InChI=1S/C29H32O6/c1-31-29(30)26-17-25(33-19-23-13-7-3-8-14-23)28(34-20-24-15-9-4-10-16-24)27(35-26)21-32-18-22-11-5-2-6-12-22/h2-16,25-28H,17-21H2,1H3/t25-,26-,27-,28+/m1/s1. The molecule has 0 unspecified atom stereocenters. The summed E-state index contributed by atoms with van der Waals surface area (Å²) >= 11 is 0. The summed E-state index contributed by atoms with van der Waals surface area (Å²) in [7, 11) is 1.37. The average molecular weight is 477 g/mol. The molecule has 3 aromatic carbocycles. The van der Waals surface area contributed by atoms with Crippen molar-refractivity contribution in [2.24, 2.45) is 0 Å². The van der Waals surface area contributed by atoms with Crippen LogP contribution in [0.1, 0.15) is 23.1 Å². The third-order valence-corrected chi connectivity index (χ3v) is 5.97. The van der Waals surface area contributed by atoms with E-state index in [0.717, 1.165) is 16.7 Å². The lowest BCUT2D eigenvalue weighted by molar-refractivity contribution is -0.226. The van der Waals surface area contributed by atoms with Crippen molar-refractivity contribution >= 4 is 5.97 Å². The van der Waals surface area contributed by atoms with Crippen LogP contribution >= 0.6 is 0 Å². The van der Waals surface area contributed by atoms with Gasteiger partial charge in [-0.25, -0.2) is 4.79 Å². The monoisotopic (exact) mass is 476 g/mol. The molecule has 184 valence electrons. The maximum atomic E-state index is 12.4. The summed E-state index contributed by atoms with van der Waals surface area (Å²) in [6.45, 7) is 1.50. The van der Waals surface area contributed by atoms with Gasteiger partial charge in [0.05, 0.1) is 39.6 Å². The average Bonchev–Trinajstić information content (AvgIpc) is 2.92. The summed E-state index contributed by atoms with van der Waals surface area (Å²) in [4.78, 5) is 12.4. The zero-order chi connectivity index (χ0) is 24.3.